The summed E-state index contributed by atoms with van der Waals surface area (Å²) in [6.45, 7) is 8.23. The average molecular weight is 406 g/mol. The van der Waals surface area contributed by atoms with Gasteiger partial charge in [0.2, 0.25) is 0 Å². The van der Waals surface area contributed by atoms with E-state index in [1.165, 1.54) is 79.7 Å². The molecule has 0 saturated heterocycles. The molecule has 0 spiro atoms. The molecule has 3 aromatic carbocycles. The number of aliphatic hydroxyl groups excluding tert-OH is 1. The molecule has 2 nitrogen and oxygen atoms in total. The molecule has 1 N–H and O–H groups in total. The van der Waals surface area contributed by atoms with Crippen LogP contribution >= 0.6 is 0 Å². The van der Waals surface area contributed by atoms with E-state index in [9.17, 15) is 5.11 Å². The Labute approximate surface area is 182 Å². The van der Waals surface area contributed by atoms with Gasteiger partial charge in [-0.3, -0.25) is 0 Å². The Kier molecular flexibility index (Phi) is 9.17. The summed E-state index contributed by atoms with van der Waals surface area (Å²) in [5, 5.41) is 15.9. The molecule has 30 heavy (non-hydrogen) atoms. The van der Waals surface area contributed by atoms with Gasteiger partial charge in [-0.25, -0.2) is 0 Å². The highest BCUT2D eigenvalue weighted by Crippen LogP contribution is 2.33. The first-order valence-electron chi connectivity index (χ1n) is 12.1. The predicted octanol–water partition coefficient (Wildman–Crippen LogP) is 7.49. The summed E-state index contributed by atoms with van der Waals surface area (Å²) < 4.78 is 0. The van der Waals surface area contributed by atoms with Crippen LogP contribution in [0.1, 0.15) is 76.9 Å². The van der Waals surface area contributed by atoms with Crippen molar-refractivity contribution in [3.63, 3.8) is 0 Å². The lowest BCUT2D eigenvalue weighted by molar-refractivity contribution is 0.164. The van der Waals surface area contributed by atoms with Crippen LogP contribution in [0.5, 0.6) is 0 Å². The summed E-state index contributed by atoms with van der Waals surface area (Å²) in [6.07, 6.45) is 9.11. The lowest BCUT2D eigenvalue weighted by Gasteiger charge is -2.22. The van der Waals surface area contributed by atoms with Crippen LogP contribution in [0.15, 0.2) is 54.6 Å². The van der Waals surface area contributed by atoms with Crippen molar-refractivity contribution in [1.82, 2.24) is 4.90 Å². The summed E-state index contributed by atoms with van der Waals surface area (Å²) in [5.41, 5.74) is 1.08. The molecule has 0 unspecified atom stereocenters. The van der Waals surface area contributed by atoms with Crippen LogP contribution < -0.4 is 0 Å². The van der Waals surface area contributed by atoms with E-state index >= 15 is 0 Å². The largest absolute Gasteiger partial charge is 0.388 e. The van der Waals surface area contributed by atoms with Crippen molar-refractivity contribution in [3.05, 3.63) is 60.2 Å². The Morgan fingerprint density at radius 3 is 2.00 bits per heavy atom. The van der Waals surface area contributed by atoms with Crippen molar-refractivity contribution in [1.29, 1.82) is 0 Å². The van der Waals surface area contributed by atoms with Crippen LogP contribution in [0.3, 0.4) is 0 Å². The summed E-state index contributed by atoms with van der Waals surface area (Å²) in [4.78, 5) is 2.64. The van der Waals surface area contributed by atoms with Crippen molar-refractivity contribution >= 4 is 21.5 Å². The molecule has 0 aromatic heterocycles. The third kappa shape index (κ3) is 6.06. The Morgan fingerprint density at radius 1 is 0.700 bits per heavy atom. The maximum Gasteiger partial charge on any atom is 0.0796 e. The molecule has 2 heteroatoms. The smallest absolute Gasteiger partial charge is 0.0796 e. The minimum absolute atomic E-state index is 0.393. The molecule has 0 radical (unpaired) electrons. The van der Waals surface area contributed by atoms with Crippen LogP contribution in [0.4, 0.5) is 0 Å². The maximum atomic E-state index is 11.0. The van der Waals surface area contributed by atoms with Gasteiger partial charge in [0, 0.05) is 0 Å². The first kappa shape index (κ1) is 22.8. The first-order valence-corrected chi connectivity index (χ1v) is 12.1. The molecule has 0 bridgehead atoms. The number of nitrogens with zero attached hydrogens (tertiary/aromatic N) is 1. The van der Waals surface area contributed by atoms with E-state index in [1.807, 2.05) is 0 Å². The van der Waals surface area contributed by atoms with Gasteiger partial charge < -0.3 is 10.0 Å². The molecule has 0 aliphatic rings. The van der Waals surface area contributed by atoms with Gasteiger partial charge in [0.05, 0.1) is 6.10 Å². The van der Waals surface area contributed by atoms with E-state index in [2.05, 4.69) is 73.3 Å². The van der Waals surface area contributed by atoms with Gasteiger partial charge >= 0.3 is 0 Å². The van der Waals surface area contributed by atoms with Crippen LogP contribution in [0, 0.1) is 0 Å². The van der Waals surface area contributed by atoms with Gasteiger partial charge in [-0.05, 0) is 78.5 Å². The van der Waals surface area contributed by atoms with E-state index < -0.39 is 6.10 Å². The van der Waals surface area contributed by atoms with E-state index in [0.717, 1.165) is 18.4 Å². The van der Waals surface area contributed by atoms with E-state index in [1.54, 1.807) is 0 Å². The number of unbranched alkanes of at least 4 members (excludes halogenated alkanes) is 4. The maximum absolute atomic E-state index is 11.0. The minimum Gasteiger partial charge on any atom is -0.388 e. The molecule has 3 rings (SSSR count). The number of rotatable bonds is 13. The number of hydrogen-bond donors (Lipinski definition) is 1. The molecule has 0 amide bonds. The summed E-state index contributed by atoms with van der Waals surface area (Å²) in [7, 11) is 0. The van der Waals surface area contributed by atoms with E-state index in [-0.39, 0.29) is 0 Å². The van der Waals surface area contributed by atoms with Crippen molar-refractivity contribution < 1.29 is 5.11 Å². The van der Waals surface area contributed by atoms with Crippen LogP contribution in [0.2, 0.25) is 0 Å². The SMILES string of the molecule is CCCCN(CCCC)CCCCC[C@@H](O)c1cc2ccccc2c2ccccc12. The van der Waals surface area contributed by atoms with Crippen molar-refractivity contribution in [2.45, 2.75) is 71.3 Å². The highest BCUT2D eigenvalue weighted by Gasteiger charge is 2.13. The van der Waals surface area contributed by atoms with Gasteiger partial charge in [0.15, 0.2) is 0 Å². The van der Waals surface area contributed by atoms with Gasteiger partial charge in [0.1, 0.15) is 0 Å². The molecular weight excluding hydrogens is 366 g/mol. The number of hydrogen-bond acceptors (Lipinski definition) is 2. The van der Waals surface area contributed by atoms with Crippen molar-refractivity contribution in [2.24, 2.45) is 0 Å². The number of fused-ring (bicyclic) bond motifs is 3. The van der Waals surface area contributed by atoms with Crippen molar-refractivity contribution in [2.75, 3.05) is 19.6 Å². The second kappa shape index (κ2) is 12.1. The quantitative estimate of drug-likeness (QED) is 0.235. The minimum atomic E-state index is -0.393. The molecule has 0 aliphatic carbocycles. The van der Waals surface area contributed by atoms with Crippen molar-refractivity contribution in [3.8, 4) is 0 Å². The van der Waals surface area contributed by atoms with Crippen LogP contribution in [-0.2, 0) is 0 Å². The molecule has 3 aromatic rings. The lowest BCUT2D eigenvalue weighted by Crippen LogP contribution is -2.27. The standard InChI is InChI=1S/C28H39NO/c1-3-5-19-29(20-6-4-2)21-13-7-8-18-28(30)27-22-23-14-9-10-15-24(23)25-16-11-12-17-26(25)27/h9-12,14-17,22,28,30H,3-8,13,18-21H2,1-2H3/t28-/m1/s1. The molecule has 0 saturated carbocycles. The Hall–Kier alpha value is -1.90. The van der Waals surface area contributed by atoms with E-state index in [0.29, 0.717) is 0 Å². The predicted molar refractivity (Wildman–Crippen MR) is 131 cm³/mol. The zero-order valence-electron chi connectivity index (χ0n) is 18.9. The van der Waals surface area contributed by atoms with Gasteiger partial charge in [-0.1, -0.05) is 88.1 Å². The summed E-state index contributed by atoms with van der Waals surface area (Å²) in [5.74, 6) is 0. The summed E-state index contributed by atoms with van der Waals surface area (Å²) >= 11 is 0. The molecule has 162 valence electrons. The third-order valence-corrected chi connectivity index (χ3v) is 6.27. The number of aliphatic hydroxyl groups is 1. The zero-order chi connectivity index (χ0) is 21.2. The Balaban J connectivity index is 1.57. The Bertz CT molecular complexity index is 895. The Morgan fingerprint density at radius 2 is 1.30 bits per heavy atom. The zero-order valence-corrected chi connectivity index (χ0v) is 18.9. The van der Waals surface area contributed by atoms with Crippen LogP contribution in [0.25, 0.3) is 21.5 Å². The fourth-order valence-electron chi connectivity index (χ4n) is 4.46. The van der Waals surface area contributed by atoms with E-state index in [4.69, 9.17) is 0 Å². The van der Waals surface area contributed by atoms with Gasteiger partial charge in [-0.15, -0.1) is 0 Å². The molecule has 1 atom stereocenters. The highest BCUT2D eigenvalue weighted by molar-refractivity contribution is 6.09. The average Bonchev–Trinajstić information content (AvgIpc) is 2.79. The summed E-state index contributed by atoms with van der Waals surface area (Å²) in [6, 6.07) is 19.2. The second-order valence-electron chi connectivity index (χ2n) is 8.65. The normalized spacial score (nSPS) is 12.8. The fraction of sp³-hybridized carbons (Fsp3) is 0.500. The lowest BCUT2D eigenvalue weighted by atomic mass is 9.92. The molecular formula is C28H39NO. The van der Waals surface area contributed by atoms with Gasteiger partial charge in [-0.2, -0.15) is 0 Å². The molecule has 0 fully saturated rings. The topological polar surface area (TPSA) is 23.5 Å². The monoisotopic (exact) mass is 405 g/mol. The van der Waals surface area contributed by atoms with Crippen LogP contribution in [-0.4, -0.2) is 29.6 Å². The van der Waals surface area contributed by atoms with Gasteiger partial charge in [0.25, 0.3) is 0 Å². The highest BCUT2D eigenvalue weighted by atomic mass is 16.3. The first-order chi connectivity index (χ1) is 14.7. The fourth-order valence-corrected chi connectivity index (χ4v) is 4.46. The number of benzene rings is 3. The second-order valence-corrected chi connectivity index (χ2v) is 8.65. The third-order valence-electron chi connectivity index (χ3n) is 6.27. The molecule has 0 aliphatic heterocycles. The molecule has 0 heterocycles.